The first-order valence-electron chi connectivity index (χ1n) is 11.4. The smallest absolute Gasteiger partial charge is 0.219 e. The molecule has 7 nitrogen and oxygen atoms in total. The number of amides is 1. The van der Waals surface area contributed by atoms with E-state index in [4.69, 9.17) is 9.15 Å². The van der Waals surface area contributed by atoms with Crippen LogP contribution in [0.2, 0.25) is 0 Å². The fourth-order valence-corrected chi connectivity index (χ4v) is 4.40. The van der Waals surface area contributed by atoms with Gasteiger partial charge in [0.2, 0.25) is 5.91 Å². The molecule has 1 atom stereocenters. The zero-order valence-electron chi connectivity index (χ0n) is 18.5. The van der Waals surface area contributed by atoms with Gasteiger partial charge in [0.05, 0.1) is 6.26 Å². The topological polar surface area (TPSA) is 92.6 Å². The first kappa shape index (κ1) is 22.3. The first-order valence-corrected chi connectivity index (χ1v) is 11.4. The van der Waals surface area contributed by atoms with Crippen LogP contribution in [0.3, 0.4) is 0 Å². The van der Waals surface area contributed by atoms with Gasteiger partial charge >= 0.3 is 0 Å². The second-order valence-corrected chi connectivity index (χ2v) is 8.29. The van der Waals surface area contributed by atoms with Crippen LogP contribution >= 0.6 is 0 Å². The fourth-order valence-electron chi connectivity index (χ4n) is 4.40. The summed E-state index contributed by atoms with van der Waals surface area (Å²) < 4.78 is 11.7. The van der Waals surface area contributed by atoms with Gasteiger partial charge in [-0.2, -0.15) is 0 Å². The van der Waals surface area contributed by atoms with Gasteiger partial charge < -0.3 is 29.9 Å². The van der Waals surface area contributed by atoms with Gasteiger partial charge in [0.15, 0.2) is 0 Å². The highest BCUT2D eigenvalue weighted by atomic mass is 16.5. The lowest BCUT2D eigenvalue weighted by atomic mass is 9.92. The molecular weight excluding hydrogens is 406 g/mol. The Balaban J connectivity index is 1.47. The summed E-state index contributed by atoms with van der Waals surface area (Å²) in [6, 6.07) is 10.5. The van der Waals surface area contributed by atoms with Gasteiger partial charge in [-0.1, -0.05) is 6.07 Å². The van der Waals surface area contributed by atoms with Crippen LogP contribution in [0.4, 0.5) is 0 Å². The second kappa shape index (κ2) is 10.6. The summed E-state index contributed by atoms with van der Waals surface area (Å²) in [5.74, 6) is 0.350. The van der Waals surface area contributed by atoms with Gasteiger partial charge in [-0.3, -0.25) is 4.79 Å². The van der Waals surface area contributed by atoms with E-state index in [0.717, 1.165) is 71.8 Å². The van der Waals surface area contributed by atoms with E-state index in [1.54, 1.807) is 13.3 Å². The van der Waals surface area contributed by atoms with Gasteiger partial charge in [0, 0.05) is 42.9 Å². The highest BCUT2D eigenvalue weighted by Gasteiger charge is 2.20. The molecule has 4 rings (SSSR count). The fraction of sp³-hybridized carbons (Fsp3) is 0.440. The molecule has 1 saturated heterocycles. The number of benzene rings is 2. The van der Waals surface area contributed by atoms with Crippen LogP contribution in [-0.4, -0.2) is 51.5 Å². The number of aldehydes is 1. The van der Waals surface area contributed by atoms with Crippen molar-refractivity contribution in [1.29, 1.82) is 0 Å². The Kier molecular flexibility index (Phi) is 7.39. The minimum atomic E-state index is -0.392. The number of hydrogen-bond donors (Lipinski definition) is 3. The molecule has 1 aliphatic rings. The third-order valence-electron chi connectivity index (χ3n) is 6.22. The largest absolute Gasteiger partial charge is 0.492 e. The molecule has 3 aromatic rings. The Bertz CT molecular complexity index is 1070. The number of nitrogens with one attached hydrogen (secondary N) is 3. The third-order valence-corrected chi connectivity index (χ3v) is 6.22. The molecule has 0 saturated carbocycles. The summed E-state index contributed by atoms with van der Waals surface area (Å²) in [5, 5.41) is 12.5. The molecule has 1 unspecified atom stereocenters. The summed E-state index contributed by atoms with van der Waals surface area (Å²) in [4.78, 5) is 23.4. The van der Waals surface area contributed by atoms with Gasteiger partial charge in [-0.05, 0) is 67.4 Å². The first-order chi connectivity index (χ1) is 15.7. The quantitative estimate of drug-likeness (QED) is 0.333. The molecule has 2 heterocycles. The molecule has 170 valence electrons. The number of carbonyl (C=O) groups excluding carboxylic acids is 2. The van der Waals surface area contributed by atoms with Crippen molar-refractivity contribution in [3.8, 4) is 5.75 Å². The van der Waals surface area contributed by atoms with Crippen LogP contribution in [0.1, 0.15) is 37.2 Å². The van der Waals surface area contributed by atoms with Crippen LogP contribution in [0.5, 0.6) is 5.75 Å². The lowest BCUT2D eigenvalue weighted by molar-refractivity contribution is -0.120. The predicted molar refractivity (Wildman–Crippen MR) is 125 cm³/mol. The summed E-state index contributed by atoms with van der Waals surface area (Å²) in [7, 11) is 1.60. The highest BCUT2D eigenvalue weighted by Crippen LogP contribution is 2.36. The number of hydrogen-bond acceptors (Lipinski definition) is 6. The predicted octanol–water partition coefficient (Wildman–Crippen LogP) is 3.12. The van der Waals surface area contributed by atoms with E-state index < -0.39 is 5.92 Å². The summed E-state index contributed by atoms with van der Waals surface area (Å²) in [6.45, 7) is 3.58. The molecule has 0 aliphatic carbocycles. The van der Waals surface area contributed by atoms with E-state index in [1.807, 2.05) is 30.3 Å². The number of rotatable bonds is 10. The maximum absolute atomic E-state index is 11.8. The Morgan fingerprint density at radius 3 is 2.91 bits per heavy atom. The highest BCUT2D eigenvalue weighted by molar-refractivity contribution is 6.08. The van der Waals surface area contributed by atoms with E-state index in [9.17, 15) is 9.59 Å². The molecule has 2 aromatic carbocycles. The van der Waals surface area contributed by atoms with Crippen molar-refractivity contribution in [2.24, 2.45) is 0 Å². The Labute approximate surface area is 187 Å². The molecule has 0 bridgehead atoms. The van der Waals surface area contributed by atoms with E-state index in [2.05, 4.69) is 16.0 Å². The number of furan rings is 1. The van der Waals surface area contributed by atoms with Crippen LogP contribution in [0, 0.1) is 0 Å². The molecule has 32 heavy (non-hydrogen) atoms. The minimum Gasteiger partial charge on any atom is -0.492 e. The van der Waals surface area contributed by atoms with Crippen molar-refractivity contribution in [1.82, 2.24) is 16.0 Å². The average molecular weight is 438 g/mol. The average Bonchev–Trinajstić information content (AvgIpc) is 3.27. The SMILES string of the molecule is CNC(=O)CCC(C=O)c1coc2ccc3cc(OCCNC4CCNCC4)ccc3c12. The van der Waals surface area contributed by atoms with Crippen LogP contribution in [0.25, 0.3) is 21.7 Å². The van der Waals surface area contributed by atoms with Gasteiger partial charge in [-0.15, -0.1) is 0 Å². The Morgan fingerprint density at radius 2 is 2.12 bits per heavy atom. The van der Waals surface area contributed by atoms with Gasteiger partial charge in [-0.25, -0.2) is 0 Å². The number of carbonyl (C=O) groups is 2. The van der Waals surface area contributed by atoms with E-state index >= 15 is 0 Å². The Hall–Kier alpha value is -2.90. The van der Waals surface area contributed by atoms with Crippen molar-refractivity contribution in [3.63, 3.8) is 0 Å². The zero-order chi connectivity index (χ0) is 22.3. The van der Waals surface area contributed by atoms with E-state index in [1.165, 1.54) is 0 Å². The summed E-state index contributed by atoms with van der Waals surface area (Å²) in [5.41, 5.74) is 1.56. The molecular formula is C25H31N3O4. The van der Waals surface area contributed by atoms with E-state index in [0.29, 0.717) is 25.5 Å². The minimum absolute atomic E-state index is 0.0778. The molecule has 3 N–H and O–H groups in total. The molecule has 1 fully saturated rings. The third kappa shape index (κ3) is 5.11. The monoisotopic (exact) mass is 437 g/mol. The summed E-state index contributed by atoms with van der Waals surface area (Å²) >= 11 is 0. The molecule has 1 aliphatic heterocycles. The van der Waals surface area contributed by atoms with Gasteiger partial charge in [0.1, 0.15) is 24.2 Å². The molecule has 7 heteroatoms. The van der Waals surface area contributed by atoms with Crippen molar-refractivity contribution in [2.45, 2.75) is 37.6 Å². The van der Waals surface area contributed by atoms with Crippen LogP contribution < -0.4 is 20.7 Å². The van der Waals surface area contributed by atoms with Crippen molar-refractivity contribution in [3.05, 3.63) is 42.2 Å². The Morgan fingerprint density at radius 1 is 1.28 bits per heavy atom. The van der Waals surface area contributed by atoms with Crippen molar-refractivity contribution >= 4 is 33.9 Å². The normalized spacial score (nSPS) is 15.7. The lowest BCUT2D eigenvalue weighted by Gasteiger charge is -2.23. The van der Waals surface area contributed by atoms with E-state index in [-0.39, 0.29) is 5.91 Å². The van der Waals surface area contributed by atoms with Crippen LogP contribution in [-0.2, 0) is 9.59 Å². The number of piperidine rings is 1. The van der Waals surface area contributed by atoms with Crippen molar-refractivity contribution in [2.75, 3.05) is 33.3 Å². The summed E-state index contributed by atoms with van der Waals surface area (Å²) in [6.07, 6.45) is 5.59. The van der Waals surface area contributed by atoms with Crippen molar-refractivity contribution < 1.29 is 18.7 Å². The molecule has 1 amide bonds. The maximum atomic E-state index is 11.8. The molecule has 0 radical (unpaired) electrons. The number of fused-ring (bicyclic) bond motifs is 3. The molecule has 1 aromatic heterocycles. The van der Waals surface area contributed by atoms with Gasteiger partial charge in [0.25, 0.3) is 0 Å². The number of ether oxygens (including phenoxy) is 1. The molecule has 0 spiro atoms. The van der Waals surface area contributed by atoms with Crippen LogP contribution in [0.15, 0.2) is 41.0 Å². The standard InChI is InChI=1S/C25H31N3O4/c1-26-24(30)7-3-18(15-29)22-16-32-23-6-2-17-14-20(4-5-21(17)25(22)23)31-13-12-28-19-8-10-27-11-9-19/h2,4-6,14-16,18-19,27-28H,3,7-13H2,1H3,(H,26,30). The zero-order valence-corrected chi connectivity index (χ0v) is 18.5. The lowest BCUT2D eigenvalue weighted by Crippen LogP contribution is -2.41. The second-order valence-electron chi connectivity index (χ2n) is 8.29. The maximum Gasteiger partial charge on any atom is 0.219 e.